The molecule has 0 aliphatic rings. The van der Waals surface area contributed by atoms with Gasteiger partial charge in [0.25, 0.3) is 0 Å². The van der Waals surface area contributed by atoms with Gasteiger partial charge in [-0.3, -0.25) is 4.98 Å². The van der Waals surface area contributed by atoms with Gasteiger partial charge in [-0.25, -0.2) is 0 Å². The molecule has 0 amide bonds. The highest BCUT2D eigenvalue weighted by atomic mass is 79.9. The first kappa shape index (κ1) is 9.46. The highest BCUT2D eigenvalue weighted by Gasteiger charge is 2.05. The molecular weight excluding hydrogens is 240 g/mol. The third-order valence-corrected chi connectivity index (χ3v) is 3.19. The van der Waals surface area contributed by atoms with Gasteiger partial charge in [-0.1, -0.05) is 15.9 Å². The summed E-state index contributed by atoms with van der Waals surface area (Å²) >= 11 is 3.48. The Balaban J connectivity index is 2.95. The number of hydrogen-bond acceptors (Lipinski definition) is 2. The Kier molecular flexibility index (Phi) is 2.19. The molecule has 0 bridgehead atoms. The molecule has 0 aliphatic heterocycles. The highest BCUT2D eigenvalue weighted by molar-refractivity contribution is 9.10. The molecule has 0 spiro atoms. The van der Waals surface area contributed by atoms with Crippen LogP contribution in [-0.2, 0) is 0 Å². The van der Waals surface area contributed by atoms with Crippen LogP contribution in [0.25, 0.3) is 10.9 Å². The van der Waals surface area contributed by atoms with Crippen LogP contribution >= 0.6 is 15.9 Å². The average Bonchev–Trinajstić information content (AvgIpc) is 2.12. The largest absolute Gasteiger partial charge is 0.398 e. The van der Waals surface area contributed by atoms with Crippen molar-refractivity contribution in [3.8, 4) is 0 Å². The third kappa shape index (κ3) is 1.38. The number of fused-ring (bicyclic) bond motifs is 1. The van der Waals surface area contributed by atoms with Crippen LogP contribution in [0.3, 0.4) is 0 Å². The van der Waals surface area contributed by atoms with E-state index in [0.717, 1.165) is 32.3 Å². The molecule has 14 heavy (non-hydrogen) atoms. The summed E-state index contributed by atoms with van der Waals surface area (Å²) in [4.78, 5) is 4.49. The zero-order valence-corrected chi connectivity index (χ0v) is 9.72. The lowest BCUT2D eigenvalue weighted by molar-refractivity contribution is 1.24. The van der Waals surface area contributed by atoms with Crippen LogP contribution < -0.4 is 5.73 Å². The highest BCUT2D eigenvalue weighted by Crippen LogP contribution is 2.28. The van der Waals surface area contributed by atoms with Crippen molar-refractivity contribution in [2.24, 2.45) is 0 Å². The van der Waals surface area contributed by atoms with E-state index in [1.54, 1.807) is 0 Å². The van der Waals surface area contributed by atoms with E-state index < -0.39 is 0 Å². The standard InChI is InChI=1S/C11H11BrN2/c1-6-5-10(13)8-3-4-9(12)7(2)11(8)14-6/h3-5H,1-2H3,(H2,13,14). The molecular formula is C11H11BrN2. The summed E-state index contributed by atoms with van der Waals surface area (Å²) in [7, 11) is 0. The van der Waals surface area contributed by atoms with Crippen LogP contribution in [0.4, 0.5) is 5.69 Å². The summed E-state index contributed by atoms with van der Waals surface area (Å²) in [5.41, 5.74) is 9.79. The maximum atomic E-state index is 5.92. The number of rotatable bonds is 0. The topological polar surface area (TPSA) is 38.9 Å². The quantitative estimate of drug-likeness (QED) is 0.780. The minimum absolute atomic E-state index is 0.795. The van der Waals surface area contributed by atoms with Crippen molar-refractivity contribution in [2.75, 3.05) is 5.73 Å². The van der Waals surface area contributed by atoms with E-state index in [1.165, 1.54) is 0 Å². The molecule has 2 nitrogen and oxygen atoms in total. The maximum Gasteiger partial charge on any atom is 0.0766 e. The zero-order valence-electron chi connectivity index (χ0n) is 8.13. The van der Waals surface area contributed by atoms with Gasteiger partial charge in [0.15, 0.2) is 0 Å². The maximum absolute atomic E-state index is 5.92. The van der Waals surface area contributed by atoms with Crippen LogP contribution in [0.2, 0.25) is 0 Å². The lowest BCUT2D eigenvalue weighted by Crippen LogP contribution is -1.94. The van der Waals surface area contributed by atoms with E-state index in [-0.39, 0.29) is 0 Å². The Hall–Kier alpha value is -1.09. The Morgan fingerprint density at radius 3 is 2.71 bits per heavy atom. The molecule has 3 heteroatoms. The molecule has 72 valence electrons. The summed E-state index contributed by atoms with van der Waals surface area (Å²) in [6.07, 6.45) is 0. The zero-order chi connectivity index (χ0) is 10.3. The summed E-state index contributed by atoms with van der Waals surface area (Å²) < 4.78 is 1.07. The Bertz CT molecular complexity index is 506. The number of benzene rings is 1. The Morgan fingerprint density at radius 1 is 1.29 bits per heavy atom. The molecule has 1 aromatic carbocycles. The molecule has 2 aromatic rings. The van der Waals surface area contributed by atoms with Crippen molar-refractivity contribution in [2.45, 2.75) is 13.8 Å². The molecule has 0 saturated carbocycles. The van der Waals surface area contributed by atoms with E-state index in [0.29, 0.717) is 0 Å². The van der Waals surface area contributed by atoms with Crippen molar-refractivity contribution in [1.29, 1.82) is 0 Å². The molecule has 2 rings (SSSR count). The molecule has 0 fully saturated rings. The number of aryl methyl sites for hydroxylation is 2. The van der Waals surface area contributed by atoms with Crippen molar-refractivity contribution < 1.29 is 0 Å². The molecule has 2 N–H and O–H groups in total. The monoisotopic (exact) mass is 250 g/mol. The van der Waals surface area contributed by atoms with E-state index in [4.69, 9.17) is 5.73 Å². The number of pyridine rings is 1. The van der Waals surface area contributed by atoms with Crippen LogP contribution in [0, 0.1) is 13.8 Å². The number of aromatic nitrogens is 1. The minimum atomic E-state index is 0.795. The van der Waals surface area contributed by atoms with Crippen molar-refractivity contribution in [3.05, 3.63) is 33.9 Å². The van der Waals surface area contributed by atoms with E-state index in [2.05, 4.69) is 20.9 Å². The van der Waals surface area contributed by atoms with Crippen molar-refractivity contribution >= 4 is 32.5 Å². The molecule has 0 saturated heterocycles. The lowest BCUT2D eigenvalue weighted by Gasteiger charge is -2.07. The summed E-state index contributed by atoms with van der Waals surface area (Å²) in [6.45, 7) is 3.99. The van der Waals surface area contributed by atoms with Crippen LogP contribution in [0.1, 0.15) is 11.3 Å². The first-order valence-corrected chi connectivity index (χ1v) is 5.21. The average molecular weight is 251 g/mol. The van der Waals surface area contributed by atoms with Gasteiger partial charge in [-0.2, -0.15) is 0 Å². The van der Waals surface area contributed by atoms with E-state index >= 15 is 0 Å². The van der Waals surface area contributed by atoms with E-state index in [1.807, 2.05) is 32.0 Å². The predicted molar refractivity (Wildman–Crippen MR) is 63.3 cm³/mol. The summed E-state index contributed by atoms with van der Waals surface area (Å²) in [5, 5.41) is 1.02. The van der Waals surface area contributed by atoms with Crippen molar-refractivity contribution in [1.82, 2.24) is 4.98 Å². The molecule has 0 radical (unpaired) electrons. The lowest BCUT2D eigenvalue weighted by atomic mass is 10.1. The van der Waals surface area contributed by atoms with Gasteiger partial charge >= 0.3 is 0 Å². The number of nitrogen functional groups attached to an aromatic ring is 1. The van der Waals surface area contributed by atoms with Gasteiger partial charge in [-0.15, -0.1) is 0 Å². The first-order valence-electron chi connectivity index (χ1n) is 4.41. The molecule has 0 atom stereocenters. The second-order valence-electron chi connectivity index (χ2n) is 3.42. The van der Waals surface area contributed by atoms with Gasteiger partial charge in [0, 0.05) is 21.2 Å². The molecule has 1 heterocycles. The number of halogens is 1. The number of hydrogen-bond donors (Lipinski definition) is 1. The first-order chi connectivity index (χ1) is 6.59. The fraction of sp³-hybridized carbons (Fsp3) is 0.182. The predicted octanol–water partition coefficient (Wildman–Crippen LogP) is 3.20. The summed E-state index contributed by atoms with van der Waals surface area (Å²) in [5.74, 6) is 0. The fourth-order valence-electron chi connectivity index (χ4n) is 1.56. The second-order valence-corrected chi connectivity index (χ2v) is 4.28. The fourth-order valence-corrected chi connectivity index (χ4v) is 1.88. The van der Waals surface area contributed by atoms with Crippen LogP contribution in [0.15, 0.2) is 22.7 Å². The smallest absolute Gasteiger partial charge is 0.0766 e. The SMILES string of the molecule is Cc1cc(N)c2ccc(Br)c(C)c2n1. The second kappa shape index (κ2) is 3.24. The van der Waals surface area contributed by atoms with Crippen LogP contribution in [-0.4, -0.2) is 4.98 Å². The van der Waals surface area contributed by atoms with Gasteiger partial charge in [0.1, 0.15) is 0 Å². The van der Waals surface area contributed by atoms with E-state index in [9.17, 15) is 0 Å². The van der Waals surface area contributed by atoms with Gasteiger partial charge in [0.2, 0.25) is 0 Å². The molecule has 0 aliphatic carbocycles. The number of nitrogens with two attached hydrogens (primary N) is 1. The number of nitrogens with zero attached hydrogens (tertiary/aromatic N) is 1. The Morgan fingerprint density at radius 2 is 2.00 bits per heavy atom. The van der Waals surface area contributed by atoms with Crippen LogP contribution in [0.5, 0.6) is 0 Å². The Labute approximate surface area is 91.3 Å². The van der Waals surface area contributed by atoms with Crippen molar-refractivity contribution in [3.63, 3.8) is 0 Å². The summed E-state index contributed by atoms with van der Waals surface area (Å²) in [6, 6.07) is 5.90. The minimum Gasteiger partial charge on any atom is -0.398 e. The van der Waals surface area contributed by atoms with Gasteiger partial charge < -0.3 is 5.73 Å². The molecule has 0 unspecified atom stereocenters. The third-order valence-electron chi connectivity index (χ3n) is 2.33. The van der Waals surface area contributed by atoms with Gasteiger partial charge in [0.05, 0.1) is 5.52 Å². The molecule has 1 aromatic heterocycles. The van der Waals surface area contributed by atoms with Gasteiger partial charge in [-0.05, 0) is 37.6 Å². The number of anilines is 1. The normalized spacial score (nSPS) is 10.8.